The molecule has 0 atom stereocenters. The Morgan fingerprint density at radius 3 is 2.23 bits per heavy atom. The maximum absolute atomic E-state index is 10.0. The smallest absolute Gasteiger partial charge is 0.382 e. The predicted octanol–water partition coefficient (Wildman–Crippen LogP) is 0.448. The number of phenolic OH excluding ortho intramolecular Hbond substituents is 1. The quantitative estimate of drug-likeness (QED) is 0.473. The van der Waals surface area contributed by atoms with Crippen LogP contribution in [0.15, 0.2) is 24.3 Å². The first-order chi connectivity index (χ1) is 5.68. The number of benzene rings is 1. The minimum atomic E-state index is -1.16. The zero-order chi connectivity index (χ0) is 8.97. The first-order valence-electron chi connectivity index (χ1n) is 3.22. The molecule has 0 saturated heterocycles. The molecule has 0 aliphatic carbocycles. The standard InChI is InChI=1S/C9H6O3.K/c10-8-4-1-7(2-5-8)3-6-9(11)12;/h1-2,4-5,10H,(H,11,12);. The maximum atomic E-state index is 10.0. The molecule has 4 heteroatoms. The van der Waals surface area contributed by atoms with Gasteiger partial charge in [0.1, 0.15) is 5.75 Å². The largest absolute Gasteiger partial charge is 0.508 e. The number of aliphatic carboxylic acids is 1. The Hall–Kier alpha value is -0.314. The normalized spacial score (nSPS) is 7.69. The fourth-order valence-electron chi connectivity index (χ4n) is 0.670. The number of phenols is 1. The van der Waals surface area contributed by atoms with E-state index in [0.29, 0.717) is 5.56 Å². The van der Waals surface area contributed by atoms with Crippen LogP contribution in [0.2, 0.25) is 0 Å². The molecular weight excluding hydrogens is 195 g/mol. The van der Waals surface area contributed by atoms with Crippen LogP contribution in [0.5, 0.6) is 5.75 Å². The van der Waals surface area contributed by atoms with E-state index in [-0.39, 0.29) is 57.1 Å². The van der Waals surface area contributed by atoms with Gasteiger partial charge in [-0.05, 0) is 24.3 Å². The van der Waals surface area contributed by atoms with Gasteiger partial charge in [0.2, 0.25) is 0 Å². The molecule has 61 valence electrons. The third-order valence-electron chi connectivity index (χ3n) is 1.18. The van der Waals surface area contributed by atoms with Crippen molar-refractivity contribution in [3.05, 3.63) is 29.8 Å². The van der Waals surface area contributed by atoms with Crippen molar-refractivity contribution < 1.29 is 15.0 Å². The number of hydrogen-bond acceptors (Lipinski definition) is 2. The summed E-state index contributed by atoms with van der Waals surface area (Å²) in [5, 5.41) is 17.1. The Morgan fingerprint density at radius 2 is 1.77 bits per heavy atom. The van der Waals surface area contributed by atoms with E-state index in [9.17, 15) is 4.79 Å². The van der Waals surface area contributed by atoms with E-state index in [1.165, 1.54) is 12.1 Å². The molecule has 13 heavy (non-hydrogen) atoms. The SMILES string of the molecule is O=C(O)C#Cc1ccc(O)cc1.[K]. The van der Waals surface area contributed by atoms with Crippen LogP contribution in [-0.2, 0) is 4.79 Å². The summed E-state index contributed by atoms with van der Waals surface area (Å²) in [7, 11) is 0. The van der Waals surface area contributed by atoms with Gasteiger partial charge in [-0.3, -0.25) is 0 Å². The summed E-state index contributed by atoms with van der Waals surface area (Å²) in [5.41, 5.74) is 0.565. The molecule has 0 saturated carbocycles. The molecule has 0 aliphatic rings. The van der Waals surface area contributed by atoms with Crippen molar-refractivity contribution in [2.45, 2.75) is 0 Å². The summed E-state index contributed by atoms with van der Waals surface area (Å²) in [4.78, 5) is 10.0. The van der Waals surface area contributed by atoms with Crippen molar-refractivity contribution in [1.29, 1.82) is 0 Å². The zero-order valence-electron chi connectivity index (χ0n) is 7.11. The second kappa shape index (κ2) is 6.19. The Bertz CT molecular complexity index is 345. The van der Waals surface area contributed by atoms with Gasteiger partial charge >= 0.3 is 5.97 Å². The Labute approximate surface area is 118 Å². The fraction of sp³-hybridized carbons (Fsp3) is 0. The summed E-state index contributed by atoms with van der Waals surface area (Å²) in [6.07, 6.45) is 0. The molecule has 1 rings (SSSR count). The molecule has 2 N–H and O–H groups in total. The predicted molar refractivity (Wildman–Crippen MR) is 48.4 cm³/mol. The van der Waals surface area contributed by atoms with Crippen LogP contribution in [0.4, 0.5) is 0 Å². The molecule has 0 aliphatic heterocycles. The third kappa shape index (κ3) is 5.08. The monoisotopic (exact) mass is 201 g/mol. The van der Waals surface area contributed by atoms with Gasteiger partial charge in [0.05, 0.1) is 0 Å². The van der Waals surface area contributed by atoms with Gasteiger partial charge in [-0.2, -0.15) is 0 Å². The van der Waals surface area contributed by atoms with E-state index in [0.717, 1.165) is 0 Å². The number of carboxylic acid groups (broad SMARTS) is 1. The van der Waals surface area contributed by atoms with Gasteiger partial charge in [-0.25, -0.2) is 4.79 Å². The van der Waals surface area contributed by atoms with Crippen molar-refractivity contribution in [3.8, 4) is 17.6 Å². The summed E-state index contributed by atoms with van der Waals surface area (Å²) in [6, 6.07) is 5.99. The Morgan fingerprint density at radius 1 is 1.23 bits per heavy atom. The zero-order valence-corrected chi connectivity index (χ0v) is 10.2. The van der Waals surface area contributed by atoms with Gasteiger partial charge in [0, 0.05) is 62.9 Å². The van der Waals surface area contributed by atoms with Crippen molar-refractivity contribution >= 4 is 57.4 Å². The second-order valence-corrected chi connectivity index (χ2v) is 2.10. The van der Waals surface area contributed by atoms with Crippen LogP contribution >= 0.6 is 0 Å². The van der Waals surface area contributed by atoms with Crippen LogP contribution in [0.3, 0.4) is 0 Å². The van der Waals surface area contributed by atoms with Gasteiger partial charge in [-0.15, -0.1) is 0 Å². The molecule has 1 radical (unpaired) electrons. The first kappa shape index (κ1) is 12.7. The number of carbonyl (C=O) groups is 1. The average molecular weight is 201 g/mol. The van der Waals surface area contributed by atoms with Gasteiger partial charge in [0.25, 0.3) is 0 Å². The van der Waals surface area contributed by atoms with Gasteiger partial charge in [0.15, 0.2) is 0 Å². The molecule has 1 aromatic rings. The van der Waals surface area contributed by atoms with Gasteiger partial charge in [-0.1, -0.05) is 5.92 Å². The number of aromatic hydroxyl groups is 1. The van der Waals surface area contributed by atoms with Crippen LogP contribution in [-0.4, -0.2) is 67.6 Å². The summed E-state index contributed by atoms with van der Waals surface area (Å²) >= 11 is 0. The summed E-state index contributed by atoms with van der Waals surface area (Å²) in [6.45, 7) is 0. The van der Waals surface area contributed by atoms with Crippen molar-refractivity contribution in [3.63, 3.8) is 0 Å². The Kier molecular flexibility index (Phi) is 6.04. The molecule has 0 fully saturated rings. The van der Waals surface area contributed by atoms with E-state index < -0.39 is 5.97 Å². The Balaban J connectivity index is 0.00000144. The van der Waals surface area contributed by atoms with E-state index >= 15 is 0 Å². The number of carboxylic acids is 1. The number of hydrogen-bond donors (Lipinski definition) is 2. The van der Waals surface area contributed by atoms with Crippen LogP contribution in [0.25, 0.3) is 0 Å². The fourth-order valence-corrected chi connectivity index (χ4v) is 0.670. The maximum Gasteiger partial charge on any atom is 0.382 e. The molecular formula is C9H6KO3. The molecule has 1 aromatic carbocycles. The second-order valence-electron chi connectivity index (χ2n) is 2.10. The summed E-state index contributed by atoms with van der Waals surface area (Å²) < 4.78 is 0. The van der Waals surface area contributed by atoms with E-state index in [1.807, 2.05) is 5.92 Å². The van der Waals surface area contributed by atoms with Crippen LogP contribution < -0.4 is 0 Å². The first-order valence-corrected chi connectivity index (χ1v) is 3.22. The number of rotatable bonds is 0. The molecule has 0 aromatic heterocycles. The van der Waals surface area contributed by atoms with E-state index in [4.69, 9.17) is 10.2 Å². The topological polar surface area (TPSA) is 57.5 Å². The van der Waals surface area contributed by atoms with E-state index in [1.54, 1.807) is 12.1 Å². The van der Waals surface area contributed by atoms with Crippen molar-refractivity contribution in [2.24, 2.45) is 0 Å². The third-order valence-corrected chi connectivity index (χ3v) is 1.18. The minimum Gasteiger partial charge on any atom is -0.508 e. The minimum absolute atomic E-state index is 0. The van der Waals surface area contributed by atoms with Gasteiger partial charge < -0.3 is 10.2 Å². The van der Waals surface area contributed by atoms with Crippen molar-refractivity contribution in [2.75, 3.05) is 0 Å². The average Bonchev–Trinajstić information content (AvgIpc) is 2.03. The molecule has 0 bridgehead atoms. The molecule has 0 unspecified atom stereocenters. The van der Waals surface area contributed by atoms with E-state index in [2.05, 4.69) is 5.92 Å². The molecule has 3 nitrogen and oxygen atoms in total. The molecule has 0 amide bonds. The van der Waals surface area contributed by atoms with Crippen molar-refractivity contribution in [1.82, 2.24) is 0 Å². The van der Waals surface area contributed by atoms with Crippen LogP contribution in [0.1, 0.15) is 5.56 Å². The molecule has 0 spiro atoms. The van der Waals surface area contributed by atoms with Crippen LogP contribution in [0, 0.1) is 11.8 Å². The summed E-state index contributed by atoms with van der Waals surface area (Å²) in [5.74, 6) is 3.35. The molecule has 0 heterocycles.